The largest absolute Gasteiger partial charge is 0.478 e. The van der Waals surface area contributed by atoms with Gasteiger partial charge in [0.1, 0.15) is 5.60 Å². The van der Waals surface area contributed by atoms with E-state index in [2.05, 4.69) is 33.9 Å². The summed E-state index contributed by atoms with van der Waals surface area (Å²) in [6.07, 6.45) is 1.51. The van der Waals surface area contributed by atoms with Crippen molar-refractivity contribution in [2.24, 2.45) is 0 Å². The van der Waals surface area contributed by atoms with Gasteiger partial charge in [-0.05, 0) is 51.4 Å². The van der Waals surface area contributed by atoms with Crippen molar-refractivity contribution in [2.45, 2.75) is 77.7 Å². The molecule has 0 bridgehead atoms. The van der Waals surface area contributed by atoms with Crippen molar-refractivity contribution in [3.63, 3.8) is 0 Å². The van der Waals surface area contributed by atoms with Crippen molar-refractivity contribution in [3.8, 4) is 0 Å². The molecule has 0 aliphatic carbocycles. The zero-order chi connectivity index (χ0) is 19.6. The van der Waals surface area contributed by atoms with Crippen molar-refractivity contribution in [3.05, 3.63) is 11.6 Å². The Balaban J connectivity index is 2.98. The molecule has 1 amide bonds. The van der Waals surface area contributed by atoms with Crippen LogP contribution in [0.2, 0.25) is 18.1 Å². The quantitative estimate of drug-likeness (QED) is 0.755. The summed E-state index contributed by atoms with van der Waals surface area (Å²) in [4.78, 5) is 25.4. The molecular formula is C18H33NO5Si. The van der Waals surface area contributed by atoms with Crippen molar-refractivity contribution in [1.82, 2.24) is 4.90 Å². The molecule has 1 atom stereocenters. The molecule has 0 aromatic rings. The number of amides is 1. The zero-order valence-corrected chi connectivity index (χ0v) is 17.8. The number of nitrogens with zero attached hydrogens (tertiary/aromatic N) is 1. The minimum atomic E-state index is -2.00. The molecule has 0 saturated heterocycles. The second-order valence-corrected chi connectivity index (χ2v) is 13.9. The molecule has 1 heterocycles. The Bertz CT molecular complexity index is 543. The second kappa shape index (κ2) is 7.49. The second-order valence-electron chi connectivity index (χ2n) is 9.06. The summed E-state index contributed by atoms with van der Waals surface area (Å²) in [5.74, 6) is -0.943. The van der Waals surface area contributed by atoms with Crippen LogP contribution < -0.4 is 0 Å². The van der Waals surface area contributed by atoms with Gasteiger partial charge in [-0.3, -0.25) is 4.90 Å². The molecule has 0 radical (unpaired) electrons. The topological polar surface area (TPSA) is 76.1 Å². The van der Waals surface area contributed by atoms with E-state index in [4.69, 9.17) is 9.16 Å². The molecule has 0 spiro atoms. The van der Waals surface area contributed by atoms with Gasteiger partial charge in [0.05, 0.1) is 12.6 Å². The Morgan fingerprint density at radius 3 is 2.24 bits per heavy atom. The monoisotopic (exact) mass is 371 g/mol. The van der Waals surface area contributed by atoms with Gasteiger partial charge in [-0.25, -0.2) is 9.59 Å². The Morgan fingerprint density at radius 2 is 1.80 bits per heavy atom. The molecule has 0 fully saturated rings. The highest BCUT2D eigenvalue weighted by Gasteiger charge is 2.39. The summed E-state index contributed by atoms with van der Waals surface area (Å²) in [7, 11) is -2.00. The minimum Gasteiger partial charge on any atom is -0.478 e. The highest BCUT2D eigenvalue weighted by atomic mass is 28.4. The fourth-order valence-corrected chi connectivity index (χ4v) is 3.21. The molecule has 0 aromatic carbocycles. The maximum atomic E-state index is 12.5. The van der Waals surface area contributed by atoms with E-state index in [0.29, 0.717) is 18.5 Å². The number of hydrogen-bond acceptors (Lipinski definition) is 4. The van der Waals surface area contributed by atoms with Crippen LogP contribution in [0.1, 0.15) is 48.0 Å². The zero-order valence-electron chi connectivity index (χ0n) is 16.8. The lowest BCUT2D eigenvalue weighted by Gasteiger charge is -2.40. The van der Waals surface area contributed by atoms with E-state index in [-0.39, 0.29) is 11.6 Å². The van der Waals surface area contributed by atoms with Crippen LogP contribution in [0.25, 0.3) is 0 Å². The van der Waals surface area contributed by atoms with Crippen molar-refractivity contribution < 1.29 is 23.9 Å². The normalized spacial score (nSPS) is 19.4. The lowest BCUT2D eigenvalue weighted by molar-refractivity contribution is -0.133. The lowest BCUT2D eigenvalue weighted by atomic mass is 10.0. The smallest absolute Gasteiger partial charge is 0.410 e. The molecule has 1 aliphatic heterocycles. The molecule has 1 unspecified atom stereocenters. The maximum Gasteiger partial charge on any atom is 0.410 e. The highest BCUT2D eigenvalue weighted by Crippen LogP contribution is 2.37. The molecule has 6 nitrogen and oxygen atoms in total. The first kappa shape index (κ1) is 21.7. The number of carbonyl (C=O) groups is 2. The highest BCUT2D eigenvalue weighted by molar-refractivity contribution is 6.74. The molecule has 1 rings (SSSR count). The fourth-order valence-electron chi connectivity index (χ4n) is 2.19. The predicted molar refractivity (Wildman–Crippen MR) is 100 cm³/mol. The van der Waals surface area contributed by atoms with E-state index in [0.717, 1.165) is 0 Å². The standard InChI is InChI=1S/C18H33NO5Si/c1-17(2,3)24-16(22)19-10-9-13(15(20)21)11-14(19)12-23-25(7,8)18(4,5)6/h11,14H,9-10,12H2,1-8H3,(H,20,21). The van der Waals surface area contributed by atoms with Crippen molar-refractivity contribution >= 4 is 20.4 Å². The van der Waals surface area contributed by atoms with Gasteiger partial charge in [-0.1, -0.05) is 20.8 Å². The summed E-state index contributed by atoms with van der Waals surface area (Å²) in [6.45, 7) is 16.7. The average Bonchev–Trinajstić information content (AvgIpc) is 2.41. The lowest BCUT2D eigenvalue weighted by Crippen LogP contribution is -2.50. The first-order valence-electron chi connectivity index (χ1n) is 8.71. The SMILES string of the molecule is CC(C)(C)OC(=O)N1CCC(C(=O)O)=CC1CO[Si](C)(C)C(C)(C)C. The van der Waals surface area contributed by atoms with Crippen molar-refractivity contribution in [1.29, 1.82) is 0 Å². The first-order valence-corrected chi connectivity index (χ1v) is 11.6. The van der Waals surface area contributed by atoms with E-state index in [1.165, 1.54) is 0 Å². The number of carboxylic acid groups (broad SMARTS) is 1. The molecule has 144 valence electrons. The van der Waals surface area contributed by atoms with Crippen LogP contribution in [-0.4, -0.2) is 55.2 Å². The van der Waals surface area contributed by atoms with Gasteiger partial charge in [0, 0.05) is 12.1 Å². The van der Waals surface area contributed by atoms with Gasteiger partial charge >= 0.3 is 12.1 Å². The molecular weight excluding hydrogens is 338 g/mol. The Kier molecular flexibility index (Phi) is 6.50. The molecule has 25 heavy (non-hydrogen) atoms. The van der Waals surface area contributed by atoms with Crippen LogP contribution in [-0.2, 0) is 14.0 Å². The first-order chi connectivity index (χ1) is 11.1. The van der Waals surface area contributed by atoms with Crippen LogP contribution in [0.3, 0.4) is 0 Å². The van der Waals surface area contributed by atoms with Gasteiger partial charge in [-0.15, -0.1) is 0 Å². The minimum absolute atomic E-state index is 0.0394. The third-order valence-corrected chi connectivity index (χ3v) is 9.24. The fraction of sp³-hybridized carbons (Fsp3) is 0.778. The number of rotatable bonds is 4. The number of carbonyl (C=O) groups excluding carboxylic acids is 1. The van der Waals surface area contributed by atoms with Gasteiger partial charge < -0.3 is 14.3 Å². The summed E-state index contributed by atoms with van der Waals surface area (Å²) in [6, 6.07) is -0.427. The summed E-state index contributed by atoms with van der Waals surface area (Å²) in [5.41, 5.74) is -0.276. The summed E-state index contributed by atoms with van der Waals surface area (Å²) >= 11 is 0. The number of aliphatic carboxylic acids is 1. The summed E-state index contributed by atoms with van der Waals surface area (Å²) < 4.78 is 11.7. The molecule has 1 N–H and O–H groups in total. The van der Waals surface area contributed by atoms with Crippen LogP contribution in [0.5, 0.6) is 0 Å². The van der Waals surface area contributed by atoms with Gasteiger partial charge in [0.15, 0.2) is 8.32 Å². The van der Waals surface area contributed by atoms with Crippen molar-refractivity contribution in [2.75, 3.05) is 13.2 Å². The molecule has 0 saturated carbocycles. The summed E-state index contributed by atoms with van der Waals surface area (Å²) in [5, 5.41) is 9.33. The van der Waals surface area contributed by atoms with Crippen LogP contribution >= 0.6 is 0 Å². The predicted octanol–water partition coefficient (Wildman–Crippen LogP) is 4.03. The molecule has 7 heteroatoms. The van der Waals surface area contributed by atoms with Crippen LogP contribution in [0.15, 0.2) is 11.6 Å². The third-order valence-electron chi connectivity index (χ3n) is 4.74. The molecule has 0 aromatic heterocycles. The Morgan fingerprint density at radius 1 is 1.24 bits per heavy atom. The average molecular weight is 372 g/mol. The van der Waals surface area contributed by atoms with E-state index in [1.807, 2.05) is 20.8 Å². The Labute approximate surface area is 152 Å². The maximum absolute atomic E-state index is 12.5. The van der Waals surface area contributed by atoms with E-state index >= 15 is 0 Å². The third kappa shape index (κ3) is 6.15. The van der Waals surface area contributed by atoms with E-state index < -0.39 is 32.0 Å². The molecule has 1 aliphatic rings. The number of hydrogen-bond donors (Lipinski definition) is 1. The van der Waals surface area contributed by atoms with E-state index in [1.54, 1.807) is 11.0 Å². The Hall–Kier alpha value is -1.34. The van der Waals surface area contributed by atoms with E-state index in [9.17, 15) is 14.7 Å². The van der Waals surface area contributed by atoms with Gasteiger partial charge in [0.2, 0.25) is 0 Å². The van der Waals surface area contributed by atoms with Gasteiger partial charge in [0.25, 0.3) is 0 Å². The van der Waals surface area contributed by atoms with Crippen LogP contribution in [0, 0.1) is 0 Å². The number of ether oxygens (including phenoxy) is 1. The van der Waals surface area contributed by atoms with Crippen LogP contribution in [0.4, 0.5) is 4.79 Å². The van der Waals surface area contributed by atoms with Gasteiger partial charge in [-0.2, -0.15) is 0 Å². The number of carboxylic acids is 1.